The summed E-state index contributed by atoms with van der Waals surface area (Å²) >= 11 is 3.40. The molecule has 3 unspecified atom stereocenters. The van der Waals surface area contributed by atoms with Crippen LogP contribution in [0, 0.1) is 22.7 Å². The van der Waals surface area contributed by atoms with Crippen LogP contribution in [0.5, 0.6) is 0 Å². The van der Waals surface area contributed by atoms with Gasteiger partial charge in [-0.25, -0.2) is 0 Å². The lowest BCUT2D eigenvalue weighted by molar-refractivity contribution is 0.0647. The summed E-state index contributed by atoms with van der Waals surface area (Å²) in [6, 6.07) is 9.96. The highest BCUT2D eigenvalue weighted by Crippen LogP contribution is 2.49. The predicted octanol–water partition coefficient (Wildman–Crippen LogP) is 3.81. The van der Waals surface area contributed by atoms with Crippen molar-refractivity contribution in [3.63, 3.8) is 0 Å². The molecule has 0 saturated heterocycles. The molecule has 0 radical (unpaired) electrons. The number of aliphatic hydroxyl groups is 1. The predicted molar refractivity (Wildman–Crippen MR) is 70.2 cm³/mol. The largest absolute Gasteiger partial charge is 0.387 e. The highest BCUT2D eigenvalue weighted by Gasteiger charge is 2.44. The molecule has 0 spiro atoms. The van der Waals surface area contributed by atoms with Crippen molar-refractivity contribution in [3.05, 3.63) is 34.3 Å². The molecule has 1 aliphatic rings. The molecule has 0 amide bonds. The second-order valence-electron chi connectivity index (χ2n) is 5.07. The smallest absolute Gasteiger partial charge is 0.0976 e. The number of rotatable bonds is 2. The van der Waals surface area contributed by atoms with Crippen LogP contribution in [-0.4, -0.2) is 5.11 Å². The molecule has 90 valence electrons. The van der Waals surface area contributed by atoms with Crippen LogP contribution in [0.2, 0.25) is 0 Å². The molecule has 0 bridgehead atoms. The van der Waals surface area contributed by atoms with Gasteiger partial charge >= 0.3 is 0 Å². The normalized spacial score (nSPS) is 29.9. The summed E-state index contributed by atoms with van der Waals surface area (Å²) < 4.78 is 0.938. The number of hydrogen-bond donors (Lipinski definition) is 1. The molecule has 1 aromatic carbocycles. The lowest BCUT2D eigenvalue weighted by Gasteiger charge is -2.27. The zero-order chi connectivity index (χ0) is 12.5. The van der Waals surface area contributed by atoms with Crippen LogP contribution in [0.1, 0.15) is 37.9 Å². The van der Waals surface area contributed by atoms with Crippen LogP contribution < -0.4 is 0 Å². The molecule has 3 atom stereocenters. The van der Waals surface area contributed by atoms with E-state index in [4.69, 9.17) is 0 Å². The maximum absolute atomic E-state index is 10.5. The second-order valence-corrected chi connectivity index (χ2v) is 5.99. The summed E-state index contributed by atoms with van der Waals surface area (Å²) in [5.41, 5.74) is 0.232. The SMILES string of the molecule is CC1CCC(C#N)(C(O)c2cccc(Br)c2)C1. The Bertz CT molecular complexity index is 454. The third kappa shape index (κ3) is 2.38. The van der Waals surface area contributed by atoms with Gasteiger partial charge in [0.05, 0.1) is 17.6 Å². The maximum atomic E-state index is 10.5. The highest BCUT2D eigenvalue weighted by molar-refractivity contribution is 9.10. The number of benzene rings is 1. The zero-order valence-corrected chi connectivity index (χ0v) is 11.4. The first-order chi connectivity index (χ1) is 8.07. The third-order valence-electron chi connectivity index (χ3n) is 3.71. The summed E-state index contributed by atoms with van der Waals surface area (Å²) in [4.78, 5) is 0. The number of nitrogens with zero attached hydrogens (tertiary/aromatic N) is 1. The van der Waals surface area contributed by atoms with Crippen molar-refractivity contribution in [1.82, 2.24) is 0 Å². The Morgan fingerprint density at radius 1 is 1.59 bits per heavy atom. The lowest BCUT2D eigenvalue weighted by atomic mass is 9.78. The summed E-state index contributed by atoms with van der Waals surface area (Å²) in [7, 11) is 0. The topological polar surface area (TPSA) is 44.0 Å². The van der Waals surface area contributed by atoms with Crippen LogP contribution >= 0.6 is 15.9 Å². The number of halogens is 1. The van der Waals surface area contributed by atoms with Crippen molar-refractivity contribution in [2.24, 2.45) is 11.3 Å². The molecule has 1 saturated carbocycles. The number of nitriles is 1. The molecule has 3 heteroatoms. The van der Waals surface area contributed by atoms with Crippen molar-refractivity contribution in [3.8, 4) is 6.07 Å². The van der Waals surface area contributed by atoms with Gasteiger partial charge in [-0.05, 0) is 42.9 Å². The molecule has 1 aromatic rings. The highest BCUT2D eigenvalue weighted by atomic mass is 79.9. The van der Waals surface area contributed by atoms with E-state index < -0.39 is 11.5 Å². The van der Waals surface area contributed by atoms with Crippen LogP contribution in [0.25, 0.3) is 0 Å². The average molecular weight is 294 g/mol. The van der Waals surface area contributed by atoms with Crippen LogP contribution in [0.4, 0.5) is 0 Å². The van der Waals surface area contributed by atoms with Gasteiger partial charge < -0.3 is 5.11 Å². The Kier molecular flexibility index (Phi) is 3.56. The van der Waals surface area contributed by atoms with E-state index in [1.54, 1.807) is 0 Å². The molecule has 2 nitrogen and oxygen atoms in total. The number of aliphatic hydroxyl groups excluding tert-OH is 1. The molecule has 2 rings (SSSR count). The van der Waals surface area contributed by atoms with E-state index in [9.17, 15) is 10.4 Å². The quantitative estimate of drug-likeness (QED) is 0.901. The summed E-state index contributed by atoms with van der Waals surface area (Å²) in [6.07, 6.45) is 1.92. The van der Waals surface area contributed by atoms with Gasteiger partial charge in [0.1, 0.15) is 0 Å². The first kappa shape index (κ1) is 12.6. The van der Waals surface area contributed by atoms with Gasteiger partial charge in [0.25, 0.3) is 0 Å². The Morgan fingerprint density at radius 3 is 2.88 bits per heavy atom. The molecular formula is C14H16BrNO. The summed E-state index contributed by atoms with van der Waals surface area (Å²) in [6.45, 7) is 2.15. The fraction of sp³-hybridized carbons (Fsp3) is 0.500. The van der Waals surface area contributed by atoms with Crippen molar-refractivity contribution in [1.29, 1.82) is 5.26 Å². The van der Waals surface area contributed by atoms with Gasteiger partial charge in [-0.3, -0.25) is 0 Å². The van der Waals surface area contributed by atoms with Gasteiger partial charge in [-0.1, -0.05) is 35.0 Å². The molecule has 1 N–H and O–H groups in total. The van der Waals surface area contributed by atoms with Crippen LogP contribution in [0.15, 0.2) is 28.7 Å². The van der Waals surface area contributed by atoms with Crippen LogP contribution in [0.3, 0.4) is 0 Å². The number of hydrogen-bond acceptors (Lipinski definition) is 2. The van der Waals surface area contributed by atoms with E-state index in [1.807, 2.05) is 24.3 Å². The van der Waals surface area contributed by atoms with Crippen molar-refractivity contribution in [2.45, 2.75) is 32.3 Å². The second kappa shape index (κ2) is 4.80. The lowest BCUT2D eigenvalue weighted by Crippen LogP contribution is -2.24. The van der Waals surface area contributed by atoms with Crippen LogP contribution in [-0.2, 0) is 0 Å². The molecule has 0 aliphatic heterocycles. The maximum Gasteiger partial charge on any atom is 0.0976 e. The minimum Gasteiger partial charge on any atom is -0.387 e. The van der Waals surface area contributed by atoms with Gasteiger partial charge in [-0.2, -0.15) is 5.26 Å². The Labute approximate surface area is 110 Å². The van der Waals surface area contributed by atoms with E-state index in [1.165, 1.54) is 0 Å². The molecule has 17 heavy (non-hydrogen) atoms. The Hall–Kier alpha value is -0.850. The fourth-order valence-electron chi connectivity index (χ4n) is 2.74. The van der Waals surface area contributed by atoms with Gasteiger partial charge in [0.2, 0.25) is 0 Å². The molecule has 0 heterocycles. The first-order valence-electron chi connectivity index (χ1n) is 5.92. The van der Waals surface area contributed by atoms with Gasteiger partial charge in [-0.15, -0.1) is 0 Å². The van der Waals surface area contributed by atoms with E-state index >= 15 is 0 Å². The molecule has 1 aliphatic carbocycles. The van der Waals surface area contributed by atoms with Gasteiger partial charge in [0, 0.05) is 4.47 Å². The molecule has 1 fully saturated rings. The van der Waals surface area contributed by atoms with Crippen molar-refractivity contribution < 1.29 is 5.11 Å². The first-order valence-corrected chi connectivity index (χ1v) is 6.71. The molecule has 0 aromatic heterocycles. The van der Waals surface area contributed by atoms with Crippen molar-refractivity contribution >= 4 is 15.9 Å². The van der Waals surface area contributed by atoms with E-state index in [0.717, 1.165) is 29.3 Å². The summed E-state index contributed by atoms with van der Waals surface area (Å²) in [5, 5.41) is 19.9. The monoisotopic (exact) mass is 293 g/mol. The third-order valence-corrected chi connectivity index (χ3v) is 4.20. The Balaban J connectivity index is 2.30. The fourth-order valence-corrected chi connectivity index (χ4v) is 3.15. The van der Waals surface area contributed by atoms with Gasteiger partial charge in [0.15, 0.2) is 0 Å². The molecular weight excluding hydrogens is 278 g/mol. The minimum atomic E-state index is -0.685. The summed E-state index contributed by atoms with van der Waals surface area (Å²) in [5.74, 6) is 0.524. The van der Waals surface area contributed by atoms with E-state index in [2.05, 4.69) is 28.9 Å². The standard InChI is InChI=1S/C14H16BrNO/c1-10-5-6-14(8-10,9-16)13(17)11-3-2-4-12(15)7-11/h2-4,7,10,13,17H,5-6,8H2,1H3. The average Bonchev–Trinajstić information content (AvgIpc) is 2.71. The zero-order valence-electron chi connectivity index (χ0n) is 9.86. The van der Waals surface area contributed by atoms with E-state index in [-0.39, 0.29) is 0 Å². The van der Waals surface area contributed by atoms with E-state index in [0.29, 0.717) is 5.92 Å². The minimum absolute atomic E-state index is 0.524. The Morgan fingerprint density at radius 2 is 2.35 bits per heavy atom. The van der Waals surface area contributed by atoms with Crippen molar-refractivity contribution in [2.75, 3.05) is 0 Å².